The molecule has 1 N–H and O–H groups in total. The van der Waals surface area contributed by atoms with Crippen molar-refractivity contribution in [1.29, 1.82) is 5.26 Å². The highest BCUT2D eigenvalue weighted by Crippen LogP contribution is 2.22. The summed E-state index contributed by atoms with van der Waals surface area (Å²) in [6, 6.07) is 16.9. The number of nitrogens with one attached hydrogen (secondary N) is 1. The third kappa shape index (κ3) is 3.60. The lowest BCUT2D eigenvalue weighted by molar-refractivity contribution is -0.132. The van der Waals surface area contributed by atoms with E-state index < -0.39 is 36.0 Å². The van der Waals surface area contributed by atoms with Gasteiger partial charge in [0.15, 0.2) is 11.7 Å². The Morgan fingerprint density at radius 2 is 1.52 bits per heavy atom. The monoisotopic (exact) mass is 361 g/mol. The highest BCUT2D eigenvalue weighted by molar-refractivity contribution is 6.23. The maximum absolute atomic E-state index is 12.4. The van der Waals surface area contributed by atoms with Crippen LogP contribution in [0.25, 0.3) is 0 Å². The van der Waals surface area contributed by atoms with E-state index in [1.807, 2.05) is 6.07 Å². The Morgan fingerprint density at radius 1 is 0.963 bits per heavy atom. The summed E-state index contributed by atoms with van der Waals surface area (Å²) in [5.41, 5.74) is 1.23. The Balaban J connectivity index is 1.66. The van der Waals surface area contributed by atoms with E-state index in [2.05, 4.69) is 5.32 Å². The van der Waals surface area contributed by atoms with Crippen molar-refractivity contribution in [3.8, 4) is 6.07 Å². The zero-order valence-corrected chi connectivity index (χ0v) is 14.2. The van der Waals surface area contributed by atoms with E-state index in [4.69, 9.17) is 0 Å². The first-order valence-electron chi connectivity index (χ1n) is 8.22. The number of carbonyl (C=O) groups is 4. The molecule has 3 rings (SSSR count). The number of amides is 3. The van der Waals surface area contributed by atoms with Crippen LogP contribution in [-0.2, 0) is 16.1 Å². The Hall–Kier alpha value is -3.79. The summed E-state index contributed by atoms with van der Waals surface area (Å²) in [4.78, 5) is 50.0. The zero-order chi connectivity index (χ0) is 19.4. The fraction of sp³-hybridized carbons (Fsp3) is 0.150. The van der Waals surface area contributed by atoms with Crippen LogP contribution in [0, 0.1) is 17.2 Å². The van der Waals surface area contributed by atoms with Crippen LogP contribution in [0.4, 0.5) is 0 Å². The molecule has 1 aliphatic heterocycles. The number of rotatable bonds is 6. The molecule has 1 aliphatic rings. The standard InChI is InChI=1S/C20H15N3O4/c21-10-16(18(25)22-11-13-6-2-1-3-7-13)17(24)12-23-19(26)14-8-4-5-9-15(14)20(23)27/h1-9,16H,11-12H2,(H,22,25)/t16-/m1/s1. The Labute approximate surface area is 155 Å². The van der Waals surface area contributed by atoms with Gasteiger partial charge in [0.25, 0.3) is 11.8 Å². The van der Waals surface area contributed by atoms with Gasteiger partial charge in [0.1, 0.15) is 0 Å². The molecule has 1 atom stereocenters. The predicted molar refractivity (Wildman–Crippen MR) is 94.2 cm³/mol. The molecule has 0 bridgehead atoms. The molecule has 0 unspecified atom stereocenters. The molecule has 2 aromatic carbocycles. The number of fused-ring (bicyclic) bond motifs is 1. The van der Waals surface area contributed by atoms with Gasteiger partial charge in [0, 0.05) is 6.54 Å². The van der Waals surface area contributed by atoms with Crippen LogP contribution in [0.3, 0.4) is 0 Å². The molecule has 2 aromatic rings. The Kier molecular flexibility index (Phi) is 5.08. The summed E-state index contributed by atoms with van der Waals surface area (Å²) in [6.45, 7) is -0.457. The van der Waals surface area contributed by atoms with E-state index in [1.54, 1.807) is 42.5 Å². The molecule has 3 amide bonds. The average Bonchev–Trinajstić information content (AvgIpc) is 2.93. The highest BCUT2D eigenvalue weighted by Gasteiger charge is 2.38. The zero-order valence-electron chi connectivity index (χ0n) is 14.2. The van der Waals surface area contributed by atoms with Gasteiger partial charge in [0.2, 0.25) is 5.91 Å². The third-order valence-corrected chi connectivity index (χ3v) is 4.21. The third-order valence-electron chi connectivity index (χ3n) is 4.21. The molecule has 1 heterocycles. The smallest absolute Gasteiger partial charge is 0.261 e. The van der Waals surface area contributed by atoms with E-state index >= 15 is 0 Å². The molecule has 7 heteroatoms. The number of nitriles is 1. The van der Waals surface area contributed by atoms with Crippen molar-refractivity contribution in [2.75, 3.05) is 6.54 Å². The number of Topliss-reactive ketones (excluding diaryl/α,β-unsaturated/α-hetero) is 1. The van der Waals surface area contributed by atoms with Crippen molar-refractivity contribution in [3.63, 3.8) is 0 Å². The van der Waals surface area contributed by atoms with Gasteiger partial charge in [-0.05, 0) is 17.7 Å². The maximum Gasteiger partial charge on any atom is 0.261 e. The molecular weight excluding hydrogens is 346 g/mol. The second-order valence-corrected chi connectivity index (χ2v) is 5.97. The van der Waals surface area contributed by atoms with Gasteiger partial charge < -0.3 is 5.32 Å². The fourth-order valence-electron chi connectivity index (χ4n) is 2.79. The van der Waals surface area contributed by atoms with Crippen LogP contribution in [0.1, 0.15) is 26.3 Å². The molecule has 0 radical (unpaired) electrons. The largest absolute Gasteiger partial charge is 0.350 e. The second kappa shape index (κ2) is 7.62. The van der Waals surface area contributed by atoms with Crippen LogP contribution in [0.2, 0.25) is 0 Å². The summed E-state index contributed by atoms with van der Waals surface area (Å²) >= 11 is 0. The molecular formula is C20H15N3O4. The minimum Gasteiger partial charge on any atom is -0.350 e. The van der Waals surface area contributed by atoms with E-state index in [-0.39, 0.29) is 17.7 Å². The maximum atomic E-state index is 12.4. The highest BCUT2D eigenvalue weighted by atomic mass is 16.2. The topological polar surface area (TPSA) is 107 Å². The number of imide groups is 1. The van der Waals surface area contributed by atoms with Gasteiger partial charge in [0.05, 0.1) is 23.7 Å². The number of hydrogen-bond donors (Lipinski definition) is 1. The van der Waals surface area contributed by atoms with Gasteiger partial charge in [-0.25, -0.2) is 0 Å². The molecule has 0 aliphatic carbocycles. The van der Waals surface area contributed by atoms with Gasteiger partial charge in [-0.2, -0.15) is 5.26 Å². The normalized spacial score (nSPS) is 13.7. The van der Waals surface area contributed by atoms with E-state index in [9.17, 15) is 24.4 Å². The summed E-state index contributed by atoms with van der Waals surface area (Å²) in [5, 5.41) is 11.7. The van der Waals surface area contributed by atoms with E-state index in [0.717, 1.165) is 10.5 Å². The number of nitrogens with zero attached hydrogens (tertiary/aromatic N) is 2. The molecule has 7 nitrogen and oxygen atoms in total. The number of benzene rings is 2. The SMILES string of the molecule is N#C[C@H](C(=O)CN1C(=O)c2ccccc2C1=O)C(=O)NCc1ccccc1. The van der Waals surface area contributed by atoms with Crippen LogP contribution >= 0.6 is 0 Å². The molecule has 0 saturated carbocycles. The summed E-state index contributed by atoms with van der Waals surface area (Å²) in [7, 11) is 0. The van der Waals surface area contributed by atoms with E-state index in [0.29, 0.717) is 0 Å². The quantitative estimate of drug-likeness (QED) is 0.616. The van der Waals surface area contributed by atoms with Crippen LogP contribution in [0.15, 0.2) is 54.6 Å². The lowest BCUT2D eigenvalue weighted by Crippen LogP contribution is -2.42. The Bertz CT molecular complexity index is 928. The first-order chi connectivity index (χ1) is 13.0. The van der Waals surface area contributed by atoms with Crippen molar-refractivity contribution >= 4 is 23.5 Å². The Morgan fingerprint density at radius 3 is 2.07 bits per heavy atom. The van der Waals surface area contributed by atoms with E-state index in [1.165, 1.54) is 12.1 Å². The second-order valence-electron chi connectivity index (χ2n) is 5.97. The summed E-state index contributed by atoms with van der Waals surface area (Å²) in [5.74, 6) is -4.38. The van der Waals surface area contributed by atoms with Crippen LogP contribution in [0.5, 0.6) is 0 Å². The first kappa shape index (κ1) is 18.0. The first-order valence-corrected chi connectivity index (χ1v) is 8.22. The molecule has 0 spiro atoms. The molecule has 0 saturated heterocycles. The van der Waals surface area contributed by atoms with Crippen molar-refractivity contribution in [3.05, 3.63) is 71.3 Å². The van der Waals surface area contributed by atoms with Gasteiger partial charge in [-0.1, -0.05) is 42.5 Å². The molecule has 0 fully saturated rings. The van der Waals surface area contributed by atoms with Crippen molar-refractivity contribution in [2.45, 2.75) is 6.54 Å². The van der Waals surface area contributed by atoms with Gasteiger partial charge in [-0.3, -0.25) is 24.1 Å². The number of hydrogen-bond acceptors (Lipinski definition) is 5. The van der Waals surface area contributed by atoms with Crippen LogP contribution < -0.4 is 5.32 Å². The van der Waals surface area contributed by atoms with Gasteiger partial charge in [-0.15, -0.1) is 0 Å². The molecule has 134 valence electrons. The molecule has 27 heavy (non-hydrogen) atoms. The molecule has 0 aromatic heterocycles. The van der Waals surface area contributed by atoms with Crippen molar-refractivity contribution < 1.29 is 19.2 Å². The average molecular weight is 361 g/mol. The predicted octanol–water partition coefficient (Wildman–Crippen LogP) is 1.31. The number of carbonyl (C=O) groups excluding carboxylic acids is 4. The summed E-state index contributed by atoms with van der Waals surface area (Å²) < 4.78 is 0. The summed E-state index contributed by atoms with van der Waals surface area (Å²) in [6.07, 6.45) is 0. The number of ketones is 1. The van der Waals surface area contributed by atoms with Crippen molar-refractivity contribution in [1.82, 2.24) is 10.2 Å². The fourth-order valence-corrected chi connectivity index (χ4v) is 2.79. The lowest BCUT2D eigenvalue weighted by Gasteiger charge is -2.15. The van der Waals surface area contributed by atoms with Crippen LogP contribution in [-0.4, -0.2) is 34.9 Å². The minimum absolute atomic E-state index is 0.165. The van der Waals surface area contributed by atoms with Crippen molar-refractivity contribution in [2.24, 2.45) is 5.92 Å². The minimum atomic E-state index is -1.60. The lowest BCUT2D eigenvalue weighted by atomic mass is 10.0. The van der Waals surface area contributed by atoms with Gasteiger partial charge >= 0.3 is 0 Å².